The third-order valence-corrected chi connectivity index (χ3v) is 9.50. The van der Waals surface area contributed by atoms with E-state index >= 15 is 0 Å². The van der Waals surface area contributed by atoms with E-state index in [0.29, 0.717) is 36.0 Å². The van der Waals surface area contributed by atoms with E-state index in [9.17, 15) is 13.9 Å². The van der Waals surface area contributed by atoms with Gasteiger partial charge in [0, 0.05) is 12.5 Å². The van der Waals surface area contributed by atoms with Gasteiger partial charge >= 0.3 is 0 Å². The molecule has 0 aromatic carbocycles. The number of hydrogen-bond donors (Lipinski definition) is 1. The zero-order valence-corrected chi connectivity index (χ0v) is 20.2. The number of aliphatic hydroxyl groups is 1. The van der Waals surface area contributed by atoms with Crippen LogP contribution in [0.1, 0.15) is 78.1 Å². The van der Waals surface area contributed by atoms with Crippen LogP contribution in [0.4, 0.5) is 8.78 Å². The van der Waals surface area contributed by atoms with Crippen molar-refractivity contribution in [2.45, 2.75) is 90.6 Å². The van der Waals surface area contributed by atoms with Crippen LogP contribution in [0.5, 0.6) is 0 Å². The van der Waals surface area contributed by atoms with Crippen molar-refractivity contribution >= 4 is 0 Å². The second kappa shape index (κ2) is 10.1. The average Bonchev–Trinajstić information content (AvgIpc) is 3.13. The molecule has 4 rings (SSSR count). The highest BCUT2D eigenvalue weighted by Crippen LogP contribution is 2.59. The van der Waals surface area contributed by atoms with Crippen LogP contribution in [0.15, 0.2) is 35.5 Å². The van der Waals surface area contributed by atoms with Crippen molar-refractivity contribution in [3.05, 3.63) is 35.5 Å². The average molecular weight is 448 g/mol. The second-order valence-corrected chi connectivity index (χ2v) is 11.4. The van der Waals surface area contributed by atoms with Crippen LogP contribution in [0, 0.1) is 29.1 Å². The Morgan fingerprint density at radius 3 is 2.56 bits per heavy atom. The molecular formula is C28H43F2NO. The maximum atomic E-state index is 13.0. The number of allylic oxidation sites excluding steroid dienone is 3. The van der Waals surface area contributed by atoms with Gasteiger partial charge in [0.15, 0.2) is 0 Å². The van der Waals surface area contributed by atoms with Gasteiger partial charge in [-0.1, -0.05) is 38.2 Å². The molecule has 3 unspecified atom stereocenters. The van der Waals surface area contributed by atoms with Gasteiger partial charge < -0.3 is 10.0 Å². The number of rotatable bonds is 5. The van der Waals surface area contributed by atoms with E-state index < -0.39 is 12.3 Å². The smallest absolute Gasteiger partial charge is 0.241 e. The molecule has 180 valence electrons. The predicted molar refractivity (Wildman–Crippen MR) is 128 cm³/mol. The molecule has 1 heterocycles. The minimum Gasteiger partial charge on any atom is -0.388 e. The molecule has 5 atom stereocenters. The van der Waals surface area contributed by atoms with Crippen molar-refractivity contribution < 1.29 is 13.9 Å². The number of fused-ring (bicyclic) bond motifs is 1. The lowest BCUT2D eigenvalue weighted by molar-refractivity contribution is 0.0227. The van der Waals surface area contributed by atoms with Crippen molar-refractivity contribution in [3.63, 3.8) is 0 Å². The Bertz CT molecular complexity index is 736. The Balaban J connectivity index is 1.40. The molecule has 4 fully saturated rings. The molecule has 3 saturated carbocycles. The van der Waals surface area contributed by atoms with Gasteiger partial charge in [-0.3, -0.25) is 0 Å². The normalized spacial score (nSPS) is 38.6. The van der Waals surface area contributed by atoms with Crippen LogP contribution in [0.3, 0.4) is 0 Å². The second-order valence-electron chi connectivity index (χ2n) is 11.4. The Hall–Kier alpha value is -1.00. The van der Waals surface area contributed by atoms with E-state index in [0.717, 1.165) is 44.5 Å². The predicted octanol–water partition coefficient (Wildman–Crippen LogP) is 6.77. The Kier molecular flexibility index (Phi) is 7.61. The largest absolute Gasteiger partial charge is 0.388 e. The molecule has 1 saturated heterocycles. The first-order chi connectivity index (χ1) is 15.3. The molecule has 4 heteroatoms. The van der Waals surface area contributed by atoms with Crippen molar-refractivity contribution in [1.82, 2.24) is 4.90 Å². The number of likely N-dealkylation sites (tertiary alicyclic amines) is 1. The molecule has 2 nitrogen and oxygen atoms in total. The first kappa shape index (κ1) is 24.1. The number of halogens is 2. The molecule has 3 aliphatic carbocycles. The van der Waals surface area contributed by atoms with E-state index in [1.807, 2.05) is 0 Å². The molecule has 4 aliphatic rings. The highest BCUT2D eigenvalue weighted by Gasteiger charge is 2.50. The summed E-state index contributed by atoms with van der Waals surface area (Å²) in [5, 5.41) is 10.1. The van der Waals surface area contributed by atoms with E-state index in [1.54, 1.807) is 5.57 Å². The fourth-order valence-electron chi connectivity index (χ4n) is 7.57. The lowest BCUT2D eigenvalue weighted by Gasteiger charge is -2.45. The van der Waals surface area contributed by atoms with E-state index in [-0.39, 0.29) is 6.10 Å². The van der Waals surface area contributed by atoms with Crippen molar-refractivity contribution in [2.24, 2.45) is 29.1 Å². The van der Waals surface area contributed by atoms with Gasteiger partial charge in [-0.2, -0.15) is 0 Å². The maximum absolute atomic E-state index is 13.0. The van der Waals surface area contributed by atoms with Crippen LogP contribution >= 0.6 is 0 Å². The highest BCUT2D eigenvalue weighted by atomic mass is 19.3. The molecule has 0 radical (unpaired) electrons. The lowest BCUT2D eigenvalue weighted by atomic mass is 9.61. The van der Waals surface area contributed by atoms with Crippen LogP contribution in [0.2, 0.25) is 0 Å². The maximum Gasteiger partial charge on any atom is 0.241 e. The third-order valence-electron chi connectivity index (χ3n) is 9.50. The summed E-state index contributed by atoms with van der Waals surface area (Å²) < 4.78 is 26.0. The van der Waals surface area contributed by atoms with Crippen LogP contribution in [0.25, 0.3) is 0 Å². The van der Waals surface area contributed by atoms with E-state index in [2.05, 4.69) is 37.5 Å². The Morgan fingerprint density at radius 2 is 1.84 bits per heavy atom. The molecule has 32 heavy (non-hydrogen) atoms. The summed E-state index contributed by atoms with van der Waals surface area (Å²) in [6.07, 6.45) is 12.7. The van der Waals surface area contributed by atoms with Gasteiger partial charge in [0.25, 0.3) is 0 Å². The summed E-state index contributed by atoms with van der Waals surface area (Å²) in [7, 11) is 0. The first-order valence-electron chi connectivity index (χ1n) is 13.1. The summed E-state index contributed by atoms with van der Waals surface area (Å²) in [6.45, 7) is 11.8. The summed E-state index contributed by atoms with van der Waals surface area (Å²) in [5.74, 6) is 1.59. The Labute approximate surface area is 193 Å². The van der Waals surface area contributed by atoms with Gasteiger partial charge in [-0.15, -0.1) is 0 Å². The third kappa shape index (κ3) is 4.92. The van der Waals surface area contributed by atoms with Crippen molar-refractivity contribution in [1.29, 1.82) is 0 Å². The fraction of sp³-hybridized carbons (Fsp3) is 0.786. The van der Waals surface area contributed by atoms with Gasteiger partial charge in [-0.05, 0) is 112 Å². The molecule has 0 bridgehead atoms. The molecule has 0 amide bonds. The number of nitrogens with zero attached hydrogens (tertiary/aromatic N) is 1. The van der Waals surface area contributed by atoms with Crippen LogP contribution < -0.4 is 0 Å². The van der Waals surface area contributed by atoms with E-state index in [4.69, 9.17) is 0 Å². The molecule has 0 aromatic heterocycles. The van der Waals surface area contributed by atoms with Gasteiger partial charge in [0.2, 0.25) is 6.43 Å². The van der Waals surface area contributed by atoms with Gasteiger partial charge in [0.1, 0.15) is 0 Å². The monoisotopic (exact) mass is 447 g/mol. The van der Waals surface area contributed by atoms with E-state index in [1.165, 1.54) is 37.7 Å². The molecule has 0 spiro atoms. The standard InChI is InChI=1S/C28H43F2NO/c1-19(18-31-16-13-23(14-17-31)27(29)30)24-11-12-25-22(7-5-15-28(24,25)3)10-9-21-6-4-8-26(32)20(21)2/h9-10,19,23-27,32H,2,4-8,11-18H2,1,3H3/b21-9-,22-10+/t19-,24?,25?,26+,28?/m1/s1. The van der Waals surface area contributed by atoms with Crippen LogP contribution in [-0.2, 0) is 0 Å². The molecule has 1 N–H and O–H groups in total. The summed E-state index contributed by atoms with van der Waals surface area (Å²) in [4.78, 5) is 2.45. The Morgan fingerprint density at radius 1 is 1.09 bits per heavy atom. The summed E-state index contributed by atoms with van der Waals surface area (Å²) in [6, 6.07) is 0. The fourth-order valence-corrected chi connectivity index (χ4v) is 7.57. The quantitative estimate of drug-likeness (QED) is 0.503. The molecule has 1 aliphatic heterocycles. The van der Waals surface area contributed by atoms with Crippen molar-refractivity contribution in [2.75, 3.05) is 19.6 Å². The highest BCUT2D eigenvalue weighted by molar-refractivity contribution is 5.37. The first-order valence-corrected chi connectivity index (χ1v) is 13.1. The van der Waals surface area contributed by atoms with Crippen molar-refractivity contribution in [3.8, 4) is 0 Å². The van der Waals surface area contributed by atoms with Gasteiger partial charge in [0.05, 0.1) is 6.10 Å². The summed E-state index contributed by atoms with van der Waals surface area (Å²) in [5.41, 5.74) is 4.11. The number of aliphatic hydroxyl groups excluding tert-OH is 1. The minimum atomic E-state index is -2.15. The number of piperidine rings is 1. The summed E-state index contributed by atoms with van der Waals surface area (Å²) >= 11 is 0. The topological polar surface area (TPSA) is 23.5 Å². The SMILES string of the molecule is C=C1/C(=C\C=C2/CCCC3(C)C2CCC3[C@H](C)CN2CCC(C(F)F)CC2)CCC[C@@H]1O. The molecular weight excluding hydrogens is 404 g/mol. The van der Waals surface area contributed by atoms with Crippen LogP contribution in [-0.4, -0.2) is 42.2 Å². The number of alkyl halides is 2. The number of hydrogen-bond acceptors (Lipinski definition) is 2. The van der Waals surface area contributed by atoms with Gasteiger partial charge in [-0.25, -0.2) is 8.78 Å². The molecule has 0 aromatic rings. The minimum absolute atomic E-state index is 0.354. The lowest BCUT2D eigenvalue weighted by Crippen LogP contribution is -2.42. The zero-order valence-electron chi connectivity index (χ0n) is 20.2. The zero-order chi connectivity index (χ0) is 22.9.